The minimum absolute atomic E-state index is 0.116. The van der Waals surface area contributed by atoms with E-state index >= 15 is 0 Å². The Morgan fingerprint density at radius 1 is 1.21 bits per heavy atom. The summed E-state index contributed by atoms with van der Waals surface area (Å²) in [7, 11) is -3.81. The Morgan fingerprint density at radius 3 is 2.41 bits per heavy atom. The van der Waals surface area contributed by atoms with E-state index in [1.165, 1.54) is 17.0 Å². The zero-order chi connectivity index (χ0) is 21.5. The molecule has 2 aliphatic heterocycles. The van der Waals surface area contributed by atoms with Crippen LogP contribution in [0.1, 0.15) is 27.2 Å². The van der Waals surface area contributed by atoms with Crippen molar-refractivity contribution in [3.63, 3.8) is 0 Å². The van der Waals surface area contributed by atoms with Gasteiger partial charge in [0.25, 0.3) is 10.1 Å². The zero-order valence-corrected chi connectivity index (χ0v) is 18.6. The molecule has 2 fully saturated rings. The number of carbonyl (C=O) groups is 2. The van der Waals surface area contributed by atoms with Gasteiger partial charge < -0.3 is 14.5 Å². The number of hydrogen-bond acceptors (Lipinski definition) is 7. The fourth-order valence-corrected chi connectivity index (χ4v) is 4.67. The van der Waals surface area contributed by atoms with Gasteiger partial charge >= 0.3 is 6.09 Å². The quantitative estimate of drug-likeness (QED) is 0.520. The number of hydrogen-bond donors (Lipinski definition) is 0. The Labute approximate surface area is 176 Å². The molecule has 0 bridgehead atoms. The molecule has 0 N–H and O–H groups in total. The Morgan fingerprint density at radius 2 is 1.90 bits per heavy atom. The third-order valence-electron chi connectivity index (χ3n) is 4.02. The summed E-state index contributed by atoms with van der Waals surface area (Å²) in [6.07, 6.45) is 0.374. The standard InChI is InChI=1S/C15H21NO5S.C4H7NOS/c1-15(2,3)20-14(17)16-10-9-12(11-16)21-22(18,19)13-7-5-4-6-8-13;6-3-5-1-2-7-4-5/h4-8,12H,9-11H2,1-3H3;3H,1-2,4H2. The summed E-state index contributed by atoms with van der Waals surface area (Å²) in [5, 5.41) is 0. The molecule has 0 aliphatic carbocycles. The van der Waals surface area contributed by atoms with E-state index in [-0.39, 0.29) is 11.4 Å². The van der Waals surface area contributed by atoms with E-state index in [4.69, 9.17) is 8.92 Å². The Hall–Kier alpha value is -1.78. The molecule has 8 nitrogen and oxygen atoms in total. The molecule has 1 atom stereocenters. The number of likely N-dealkylation sites (tertiary alicyclic amines) is 1. The average Bonchev–Trinajstić information content (AvgIpc) is 3.33. The third-order valence-corrected chi connectivity index (χ3v) is 6.38. The predicted molar refractivity (Wildman–Crippen MR) is 111 cm³/mol. The van der Waals surface area contributed by atoms with Crippen LogP contribution in [0.3, 0.4) is 0 Å². The first-order valence-corrected chi connectivity index (χ1v) is 11.9. The number of ether oxygens (including phenoxy) is 1. The van der Waals surface area contributed by atoms with E-state index in [0.717, 1.165) is 24.6 Å². The van der Waals surface area contributed by atoms with Gasteiger partial charge in [-0.05, 0) is 39.3 Å². The third kappa shape index (κ3) is 7.87. The first-order valence-electron chi connectivity index (χ1n) is 9.34. The molecule has 1 aromatic rings. The lowest BCUT2D eigenvalue weighted by atomic mass is 10.2. The topological polar surface area (TPSA) is 93.2 Å². The normalized spacial score (nSPS) is 19.5. The Balaban J connectivity index is 0.000000360. The molecule has 2 heterocycles. The van der Waals surface area contributed by atoms with Gasteiger partial charge in [-0.1, -0.05) is 18.2 Å². The number of carbonyl (C=O) groups excluding carboxylic acids is 2. The molecule has 2 aliphatic rings. The van der Waals surface area contributed by atoms with Crippen LogP contribution < -0.4 is 0 Å². The molecule has 10 heteroatoms. The maximum Gasteiger partial charge on any atom is 0.410 e. The lowest BCUT2D eigenvalue weighted by Crippen LogP contribution is -2.36. The number of benzene rings is 1. The summed E-state index contributed by atoms with van der Waals surface area (Å²) < 4.78 is 34.8. The average molecular weight is 445 g/mol. The van der Waals surface area contributed by atoms with E-state index in [1.54, 1.807) is 55.6 Å². The van der Waals surface area contributed by atoms with E-state index in [0.29, 0.717) is 13.0 Å². The van der Waals surface area contributed by atoms with Crippen molar-refractivity contribution in [2.75, 3.05) is 31.3 Å². The van der Waals surface area contributed by atoms with E-state index < -0.39 is 27.9 Å². The highest BCUT2D eigenvalue weighted by Gasteiger charge is 2.33. The van der Waals surface area contributed by atoms with Crippen LogP contribution in [-0.2, 0) is 23.8 Å². The molecule has 2 saturated heterocycles. The molecule has 29 heavy (non-hydrogen) atoms. The van der Waals surface area contributed by atoms with Gasteiger partial charge in [0, 0.05) is 18.8 Å². The fourth-order valence-electron chi connectivity index (χ4n) is 2.63. The Bertz CT molecular complexity index is 774. The van der Waals surface area contributed by atoms with Crippen molar-refractivity contribution in [1.82, 2.24) is 9.80 Å². The second-order valence-electron chi connectivity index (χ2n) is 7.66. The second kappa shape index (κ2) is 10.3. The van der Waals surface area contributed by atoms with Gasteiger partial charge in [-0.15, -0.1) is 11.8 Å². The molecular weight excluding hydrogens is 416 g/mol. The van der Waals surface area contributed by atoms with Crippen molar-refractivity contribution in [3.8, 4) is 0 Å². The zero-order valence-electron chi connectivity index (χ0n) is 16.9. The minimum Gasteiger partial charge on any atom is -0.444 e. The van der Waals surface area contributed by atoms with Gasteiger partial charge in [-0.3, -0.25) is 8.98 Å². The van der Waals surface area contributed by atoms with Crippen LogP contribution in [0.4, 0.5) is 4.79 Å². The van der Waals surface area contributed by atoms with Crippen LogP contribution in [-0.4, -0.2) is 73.7 Å². The lowest BCUT2D eigenvalue weighted by molar-refractivity contribution is -0.116. The summed E-state index contributed by atoms with van der Waals surface area (Å²) in [5.74, 6) is 2.00. The van der Waals surface area contributed by atoms with Crippen molar-refractivity contribution in [2.45, 2.75) is 43.8 Å². The largest absolute Gasteiger partial charge is 0.444 e. The van der Waals surface area contributed by atoms with Crippen molar-refractivity contribution in [3.05, 3.63) is 30.3 Å². The molecule has 1 aromatic carbocycles. The summed E-state index contributed by atoms with van der Waals surface area (Å²) in [6.45, 7) is 6.93. The molecule has 1 unspecified atom stereocenters. The lowest BCUT2D eigenvalue weighted by Gasteiger charge is -2.24. The fraction of sp³-hybridized carbons (Fsp3) is 0.579. The molecule has 162 valence electrons. The highest BCUT2D eigenvalue weighted by Crippen LogP contribution is 2.21. The molecule has 0 radical (unpaired) electrons. The van der Waals surface area contributed by atoms with Crippen LogP contribution in [0.5, 0.6) is 0 Å². The maximum absolute atomic E-state index is 12.1. The molecule has 0 saturated carbocycles. The van der Waals surface area contributed by atoms with E-state index in [1.807, 2.05) is 0 Å². The maximum atomic E-state index is 12.1. The molecule has 3 rings (SSSR count). The van der Waals surface area contributed by atoms with Crippen LogP contribution in [0.15, 0.2) is 35.2 Å². The highest BCUT2D eigenvalue weighted by molar-refractivity contribution is 7.99. The monoisotopic (exact) mass is 444 g/mol. The van der Waals surface area contributed by atoms with Crippen LogP contribution >= 0.6 is 11.8 Å². The van der Waals surface area contributed by atoms with Gasteiger partial charge in [0.1, 0.15) is 5.60 Å². The Kier molecular flexibility index (Phi) is 8.35. The van der Waals surface area contributed by atoms with Crippen molar-refractivity contribution in [1.29, 1.82) is 0 Å². The molecular formula is C19H28N2O6S2. The molecule has 0 spiro atoms. The first kappa shape index (κ1) is 23.5. The van der Waals surface area contributed by atoms with Gasteiger partial charge in [0.05, 0.1) is 23.4 Å². The number of nitrogens with zero attached hydrogens (tertiary/aromatic N) is 2. The smallest absolute Gasteiger partial charge is 0.410 e. The first-order chi connectivity index (χ1) is 13.6. The number of amides is 2. The van der Waals surface area contributed by atoms with Gasteiger partial charge in [-0.25, -0.2) is 4.79 Å². The summed E-state index contributed by atoms with van der Waals surface area (Å²) in [5.41, 5.74) is -0.577. The van der Waals surface area contributed by atoms with Crippen molar-refractivity contribution in [2.24, 2.45) is 0 Å². The highest BCUT2D eigenvalue weighted by atomic mass is 32.2. The minimum atomic E-state index is -3.81. The van der Waals surface area contributed by atoms with Gasteiger partial charge in [-0.2, -0.15) is 8.42 Å². The van der Waals surface area contributed by atoms with Gasteiger partial charge in [0.2, 0.25) is 6.41 Å². The number of thioether (sulfide) groups is 1. The summed E-state index contributed by atoms with van der Waals surface area (Å²) in [6, 6.07) is 7.97. The van der Waals surface area contributed by atoms with Crippen LogP contribution in [0.25, 0.3) is 0 Å². The van der Waals surface area contributed by atoms with Crippen molar-refractivity contribution < 1.29 is 26.9 Å². The van der Waals surface area contributed by atoms with E-state index in [9.17, 15) is 18.0 Å². The van der Waals surface area contributed by atoms with E-state index in [2.05, 4.69) is 0 Å². The van der Waals surface area contributed by atoms with Crippen LogP contribution in [0, 0.1) is 0 Å². The van der Waals surface area contributed by atoms with Crippen LogP contribution in [0.2, 0.25) is 0 Å². The predicted octanol–water partition coefficient (Wildman–Crippen LogP) is 2.55. The van der Waals surface area contributed by atoms with Crippen molar-refractivity contribution >= 4 is 34.4 Å². The summed E-state index contributed by atoms with van der Waals surface area (Å²) in [4.78, 5) is 25.2. The number of rotatable bonds is 4. The SMILES string of the molecule is CC(C)(C)OC(=O)N1CCC(OS(=O)(=O)c2ccccc2)C1.O=CN1CCSC1. The molecule has 2 amide bonds. The summed E-state index contributed by atoms with van der Waals surface area (Å²) >= 11 is 1.80. The molecule has 0 aromatic heterocycles. The van der Waals surface area contributed by atoms with Gasteiger partial charge in [0.15, 0.2) is 0 Å². The second-order valence-corrected chi connectivity index (χ2v) is 10.3.